The van der Waals surface area contributed by atoms with Crippen molar-refractivity contribution in [2.24, 2.45) is 10.9 Å². The lowest BCUT2D eigenvalue weighted by Gasteiger charge is -2.34. The number of ether oxygens (including phenoxy) is 2. The Bertz CT molecular complexity index is 615. The van der Waals surface area contributed by atoms with Gasteiger partial charge in [0.15, 0.2) is 5.96 Å². The van der Waals surface area contributed by atoms with Gasteiger partial charge in [-0.1, -0.05) is 6.92 Å². The van der Waals surface area contributed by atoms with E-state index >= 15 is 0 Å². The molecule has 7 nitrogen and oxygen atoms in total. The Morgan fingerprint density at radius 1 is 1.14 bits per heavy atom. The Hall–Kier alpha value is -1.99. The van der Waals surface area contributed by atoms with Crippen LogP contribution in [-0.4, -0.2) is 82.8 Å². The second-order valence-electron chi connectivity index (χ2n) is 7.46. The number of likely N-dealkylation sites (N-methyl/N-ethyl adjacent to an activating group) is 1. The Morgan fingerprint density at radius 2 is 1.89 bits per heavy atom. The zero-order valence-corrected chi connectivity index (χ0v) is 18.1. The highest BCUT2D eigenvalue weighted by Crippen LogP contribution is 2.25. The largest absolute Gasteiger partial charge is 0.497 e. The van der Waals surface area contributed by atoms with Crippen LogP contribution in [0.25, 0.3) is 0 Å². The number of aliphatic imine (C=N–C) groups is 1. The van der Waals surface area contributed by atoms with E-state index in [9.17, 15) is 0 Å². The summed E-state index contributed by atoms with van der Waals surface area (Å²) in [5, 5.41) is 6.82. The molecular weight excluding hydrogens is 354 g/mol. The lowest BCUT2D eigenvalue weighted by molar-refractivity contribution is 0.139. The number of hydrogen-bond donors (Lipinski definition) is 2. The molecule has 28 heavy (non-hydrogen) atoms. The number of guanidine groups is 1. The van der Waals surface area contributed by atoms with Gasteiger partial charge < -0.3 is 29.9 Å². The number of piperazine rings is 1. The van der Waals surface area contributed by atoms with Crippen LogP contribution in [0.3, 0.4) is 0 Å². The summed E-state index contributed by atoms with van der Waals surface area (Å²) < 4.78 is 10.7. The smallest absolute Gasteiger partial charge is 0.191 e. The normalized spacial score (nSPS) is 17.2. The van der Waals surface area contributed by atoms with E-state index in [1.165, 1.54) is 0 Å². The summed E-state index contributed by atoms with van der Waals surface area (Å²) in [5.41, 5.74) is 1.03. The summed E-state index contributed by atoms with van der Waals surface area (Å²) in [7, 11) is 5.52. The third-order valence-electron chi connectivity index (χ3n) is 5.03. The predicted octanol–water partition coefficient (Wildman–Crippen LogP) is 1.64. The second-order valence-corrected chi connectivity index (χ2v) is 7.46. The highest BCUT2D eigenvalue weighted by Gasteiger charge is 2.16. The topological polar surface area (TPSA) is 61.4 Å². The van der Waals surface area contributed by atoms with Gasteiger partial charge in [-0.05, 0) is 32.0 Å². The van der Waals surface area contributed by atoms with Crippen molar-refractivity contribution in [2.45, 2.75) is 20.4 Å². The summed E-state index contributed by atoms with van der Waals surface area (Å²) >= 11 is 0. The predicted molar refractivity (Wildman–Crippen MR) is 115 cm³/mol. The monoisotopic (exact) mass is 391 g/mol. The average molecular weight is 392 g/mol. The van der Waals surface area contributed by atoms with Crippen molar-refractivity contribution in [1.82, 2.24) is 20.4 Å². The maximum atomic E-state index is 5.47. The van der Waals surface area contributed by atoms with Crippen LogP contribution < -0.4 is 20.1 Å². The molecule has 1 heterocycles. The van der Waals surface area contributed by atoms with Gasteiger partial charge in [0.2, 0.25) is 0 Å². The van der Waals surface area contributed by atoms with Gasteiger partial charge in [-0.2, -0.15) is 0 Å². The fourth-order valence-corrected chi connectivity index (χ4v) is 3.30. The highest BCUT2D eigenvalue weighted by molar-refractivity contribution is 5.79. The number of nitrogens with one attached hydrogen (secondary N) is 2. The van der Waals surface area contributed by atoms with E-state index in [-0.39, 0.29) is 0 Å². The molecule has 0 aliphatic carbocycles. The van der Waals surface area contributed by atoms with Crippen LogP contribution in [0.5, 0.6) is 11.5 Å². The fourth-order valence-electron chi connectivity index (χ4n) is 3.30. The molecule has 2 N–H and O–H groups in total. The molecule has 0 bridgehead atoms. The number of hydrogen-bond acceptors (Lipinski definition) is 5. The Morgan fingerprint density at radius 3 is 2.54 bits per heavy atom. The van der Waals surface area contributed by atoms with E-state index < -0.39 is 0 Å². The van der Waals surface area contributed by atoms with Crippen LogP contribution in [0.2, 0.25) is 0 Å². The molecule has 0 spiro atoms. The summed E-state index contributed by atoms with van der Waals surface area (Å²) in [6.45, 7) is 12.4. The van der Waals surface area contributed by atoms with Gasteiger partial charge in [-0.25, -0.2) is 4.99 Å². The molecule has 1 aromatic carbocycles. The standard InChI is InChI=1S/C21H37N5O2/c1-6-22-21(23-14-17(2)16-26-11-9-25(3)10-12-26)24-15-18-7-8-19(27-4)13-20(18)28-5/h7-8,13,17H,6,9-12,14-16H2,1-5H3,(H2,22,23,24). The maximum Gasteiger partial charge on any atom is 0.191 e. The van der Waals surface area contributed by atoms with Crippen LogP contribution >= 0.6 is 0 Å². The SMILES string of the molecule is CCNC(=NCc1ccc(OC)cc1OC)NCC(C)CN1CCN(C)CC1. The number of methoxy groups -OCH3 is 2. The van der Waals surface area contributed by atoms with E-state index in [4.69, 9.17) is 14.5 Å². The summed E-state index contributed by atoms with van der Waals surface area (Å²) in [6, 6.07) is 5.83. The average Bonchev–Trinajstić information content (AvgIpc) is 2.71. The third kappa shape index (κ3) is 7.20. The van der Waals surface area contributed by atoms with Crippen LogP contribution in [0.1, 0.15) is 19.4 Å². The molecule has 0 radical (unpaired) electrons. The first-order valence-electron chi connectivity index (χ1n) is 10.2. The molecule has 1 aromatic rings. The Kier molecular flexibility index (Phi) is 9.37. The third-order valence-corrected chi connectivity index (χ3v) is 5.03. The molecule has 158 valence electrons. The van der Waals surface area contributed by atoms with E-state index in [1.54, 1.807) is 14.2 Å². The minimum absolute atomic E-state index is 0.551. The lowest BCUT2D eigenvalue weighted by Crippen LogP contribution is -2.47. The molecule has 1 saturated heterocycles. The van der Waals surface area contributed by atoms with Gasteiger partial charge in [0.1, 0.15) is 11.5 Å². The van der Waals surface area contributed by atoms with Crippen molar-refractivity contribution in [1.29, 1.82) is 0 Å². The Labute approximate surface area is 170 Å². The summed E-state index contributed by atoms with van der Waals surface area (Å²) in [5.74, 6) is 2.98. The molecule has 1 aliphatic heterocycles. The molecule has 1 fully saturated rings. The number of benzene rings is 1. The van der Waals surface area contributed by atoms with Gasteiger partial charge >= 0.3 is 0 Å². The minimum atomic E-state index is 0.551. The molecule has 0 saturated carbocycles. The van der Waals surface area contributed by atoms with Gasteiger partial charge in [0.05, 0.1) is 20.8 Å². The van der Waals surface area contributed by atoms with Gasteiger partial charge in [0.25, 0.3) is 0 Å². The first-order chi connectivity index (χ1) is 13.5. The summed E-state index contributed by atoms with van der Waals surface area (Å²) in [6.07, 6.45) is 0. The van der Waals surface area contributed by atoms with Crippen molar-refractivity contribution in [2.75, 3.05) is 67.1 Å². The molecule has 0 amide bonds. The maximum absolute atomic E-state index is 5.47. The second kappa shape index (κ2) is 11.8. The van der Waals surface area contributed by atoms with E-state index in [1.807, 2.05) is 18.2 Å². The highest BCUT2D eigenvalue weighted by atomic mass is 16.5. The van der Waals surface area contributed by atoms with Crippen molar-refractivity contribution in [3.8, 4) is 11.5 Å². The molecular formula is C21H37N5O2. The van der Waals surface area contributed by atoms with E-state index in [0.717, 1.165) is 68.8 Å². The van der Waals surface area contributed by atoms with Crippen molar-refractivity contribution < 1.29 is 9.47 Å². The molecule has 1 atom stereocenters. The van der Waals surface area contributed by atoms with E-state index in [0.29, 0.717) is 12.5 Å². The lowest BCUT2D eigenvalue weighted by atomic mass is 10.1. The van der Waals surface area contributed by atoms with Crippen molar-refractivity contribution in [3.63, 3.8) is 0 Å². The zero-order valence-electron chi connectivity index (χ0n) is 18.1. The Balaban J connectivity index is 1.88. The van der Waals surface area contributed by atoms with Gasteiger partial charge in [-0.3, -0.25) is 0 Å². The molecule has 7 heteroatoms. The fraction of sp³-hybridized carbons (Fsp3) is 0.667. The molecule has 0 aromatic heterocycles. The first kappa shape index (κ1) is 22.3. The summed E-state index contributed by atoms with van der Waals surface area (Å²) in [4.78, 5) is 9.68. The van der Waals surface area contributed by atoms with Gasteiger partial charge in [-0.15, -0.1) is 0 Å². The van der Waals surface area contributed by atoms with Crippen LogP contribution in [0, 0.1) is 5.92 Å². The molecule has 1 unspecified atom stereocenters. The zero-order chi connectivity index (χ0) is 20.4. The minimum Gasteiger partial charge on any atom is -0.497 e. The molecule has 2 rings (SSSR count). The molecule has 1 aliphatic rings. The van der Waals surface area contributed by atoms with Crippen molar-refractivity contribution in [3.05, 3.63) is 23.8 Å². The van der Waals surface area contributed by atoms with Crippen LogP contribution in [0.4, 0.5) is 0 Å². The number of rotatable bonds is 9. The first-order valence-corrected chi connectivity index (χ1v) is 10.2. The van der Waals surface area contributed by atoms with E-state index in [2.05, 4.69) is 41.3 Å². The quantitative estimate of drug-likeness (QED) is 0.493. The van der Waals surface area contributed by atoms with Gasteiger partial charge in [0, 0.05) is 57.4 Å². The van der Waals surface area contributed by atoms with Crippen molar-refractivity contribution >= 4 is 5.96 Å². The van der Waals surface area contributed by atoms with Crippen LogP contribution in [0.15, 0.2) is 23.2 Å². The number of nitrogens with zero attached hydrogens (tertiary/aromatic N) is 3. The van der Waals surface area contributed by atoms with Crippen LogP contribution in [-0.2, 0) is 6.54 Å².